The van der Waals surface area contributed by atoms with E-state index in [0.29, 0.717) is 12.4 Å². The van der Waals surface area contributed by atoms with Crippen LogP contribution in [0.2, 0.25) is 0 Å². The van der Waals surface area contributed by atoms with E-state index in [4.69, 9.17) is 4.74 Å². The van der Waals surface area contributed by atoms with Crippen molar-refractivity contribution >= 4 is 34.1 Å². The highest BCUT2D eigenvalue weighted by molar-refractivity contribution is 6.06. The van der Waals surface area contributed by atoms with Crippen LogP contribution in [0.5, 0.6) is 0 Å². The summed E-state index contributed by atoms with van der Waals surface area (Å²) in [5, 5.41) is 12.5. The standard InChI is InChI=1S/C26H24N4O3/c1-16-10-12-18(13-11-16)24-21(15-33-2)29-30-22(26(32)28-25(24)30)14-23(31)27-20-9-5-7-17-6-3-4-8-19(17)20/h3-13,22H,14-15H2,1-2H3,(H,27,31)(H,28,32). The third-order valence-corrected chi connectivity index (χ3v) is 5.89. The van der Waals surface area contributed by atoms with Crippen molar-refractivity contribution in [3.8, 4) is 11.1 Å². The van der Waals surface area contributed by atoms with E-state index in [9.17, 15) is 9.59 Å². The van der Waals surface area contributed by atoms with Gasteiger partial charge in [-0.05, 0) is 23.9 Å². The van der Waals surface area contributed by atoms with Gasteiger partial charge in [0.1, 0.15) is 11.9 Å². The molecule has 0 radical (unpaired) electrons. The summed E-state index contributed by atoms with van der Waals surface area (Å²) < 4.78 is 6.97. The van der Waals surface area contributed by atoms with E-state index < -0.39 is 6.04 Å². The molecule has 7 heteroatoms. The number of hydrogen-bond donors (Lipinski definition) is 2. The number of carbonyl (C=O) groups excluding carboxylic acids is 2. The van der Waals surface area contributed by atoms with Crippen LogP contribution in [0.15, 0.2) is 66.7 Å². The number of nitrogens with one attached hydrogen (secondary N) is 2. The summed E-state index contributed by atoms with van der Waals surface area (Å²) in [6, 6.07) is 20.9. The Morgan fingerprint density at radius 2 is 1.85 bits per heavy atom. The van der Waals surface area contributed by atoms with Gasteiger partial charge in [0.05, 0.1) is 18.7 Å². The zero-order valence-electron chi connectivity index (χ0n) is 18.5. The van der Waals surface area contributed by atoms with E-state index >= 15 is 0 Å². The van der Waals surface area contributed by atoms with Crippen LogP contribution in [0.4, 0.5) is 11.5 Å². The first-order valence-corrected chi connectivity index (χ1v) is 10.8. The monoisotopic (exact) mass is 440 g/mol. The molecule has 0 spiro atoms. The maximum absolute atomic E-state index is 12.9. The predicted molar refractivity (Wildman–Crippen MR) is 128 cm³/mol. The SMILES string of the molecule is COCc1nn2c(c1-c1ccc(C)cc1)NC(=O)C2CC(=O)Nc1cccc2ccccc12. The van der Waals surface area contributed by atoms with Crippen molar-refractivity contribution in [2.45, 2.75) is 26.0 Å². The van der Waals surface area contributed by atoms with E-state index in [-0.39, 0.29) is 18.2 Å². The minimum Gasteiger partial charge on any atom is -0.378 e. The van der Waals surface area contributed by atoms with Gasteiger partial charge in [0.25, 0.3) is 5.91 Å². The quantitative estimate of drug-likeness (QED) is 0.456. The molecule has 7 nitrogen and oxygen atoms in total. The molecular formula is C26H24N4O3. The van der Waals surface area contributed by atoms with Crippen molar-refractivity contribution in [1.82, 2.24) is 9.78 Å². The summed E-state index contributed by atoms with van der Waals surface area (Å²) in [4.78, 5) is 25.8. The van der Waals surface area contributed by atoms with Crippen molar-refractivity contribution in [3.63, 3.8) is 0 Å². The van der Waals surface area contributed by atoms with Crippen molar-refractivity contribution in [1.29, 1.82) is 0 Å². The lowest BCUT2D eigenvalue weighted by molar-refractivity contribution is -0.123. The average Bonchev–Trinajstić information content (AvgIpc) is 3.30. The number of nitrogens with zero attached hydrogens (tertiary/aromatic N) is 2. The Morgan fingerprint density at radius 3 is 2.64 bits per heavy atom. The Labute approximate surface area is 191 Å². The molecule has 1 atom stereocenters. The van der Waals surface area contributed by atoms with Crippen molar-refractivity contribution in [2.24, 2.45) is 0 Å². The van der Waals surface area contributed by atoms with Gasteiger partial charge < -0.3 is 15.4 Å². The van der Waals surface area contributed by atoms with E-state index in [1.165, 1.54) is 0 Å². The summed E-state index contributed by atoms with van der Waals surface area (Å²) in [7, 11) is 1.61. The molecule has 33 heavy (non-hydrogen) atoms. The summed E-state index contributed by atoms with van der Waals surface area (Å²) in [6.07, 6.45) is -0.0243. The van der Waals surface area contributed by atoms with E-state index in [2.05, 4.69) is 15.7 Å². The summed E-state index contributed by atoms with van der Waals surface area (Å²) in [5.41, 5.74) is 4.34. The fourth-order valence-electron chi connectivity index (χ4n) is 4.29. The topological polar surface area (TPSA) is 85.2 Å². The molecule has 1 aromatic heterocycles. The molecule has 0 aliphatic carbocycles. The number of aromatic nitrogens is 2. The Morgan fingerprint density at radius 1 is 1.09 bits per heavy atom. The van der Waals surface area contributed by atoms with Crippen LogP contribution >= 0.6 is 0 Å². The predicted octanol–water partition coefficient (Wildman–Crippen LogP) is 4.68. The molecular weight excluding hydrogens is 416 g/mol. The molecule has 1 unspecified atom stereocenters. The lowest BCUT2D eigenvalue weighted by atomic mass is 10.0. The van der Waals surface area contributed by atoms with Gasteiger partial charge in [-0.15, -0.1) is 0 Å². The molecule has 5 rings (SSSR count). The van der Waals surface area contributed by atoms with Crippen LogP contribution in [0.1, 0.15) is 23.7 Å². The molecule has 1 aliphatic rings. The van der Waals surface area contributed by atoms with Gasteiger partial charge in [-0.2, -0.15) is 5.10 Å². The molecule has 2 amide bonds. The highest BCUT2D eigenvalue weighted by atomic mass is 16.5. The number of fused-ring (bicyclic) bond motifs is 2. The smallest absolute Gasteiger partial charge is 0.251 e. The minimum absolute atomic E-state index is 0.0243. The van der Waals surface area contributed by atoms with E-state index in [0.717, 1.165) is 38.8 Å². The van der Waals surface area contributed by atoms with Crippen LogP contribution in [-0.2, 0) is 20.9 Å². The van der Waals surface area contributed by atoms with Gasteiger partial charge in [-0.1, -0.05) is 66.2 Å². The molecule has 3 aromatic carbocycles. The van der Waals surface area contributed by atoms with Gasteiger partial charge >= 0.3 is 0 Å². The largest absolute Gasteiger partial charge is 0.378 e. The van der Waals surface area contributed by atoms with Gasteiger partial charge in [-0.3, -0.25) is 9.59 Å². The third-order valence-electron chi connectivity index (χ3n) is 5.89. The van der Waals surface area contributed by atoms with Crippen molar-refractivity contribution < 1.29 is 14.3 Å². The van der Waals surface area contributed by atoms with Gasteiger partial charge in [0.15, 0.2) is 0 Å². The molecule has 2 heterocycles. The molecule has 4 aromatic rings. The number of anilines is 2. The van der Waals surface area contributed by atoms with Crippen LogP contribution in [0.25, 0.3) is 21.9 Å². The zero-order valence-corrected chi connectivity index (χ0v) is 18.5. The second kappa shape index (κ2) is 8.52. The third kappa shape index (κ3) is 3.87. The maximum atomic E-state index is 12.9. The molecule has 2 N–H and O–H groups in total. The first-order chi connectivity index (χ1) is 16.0. The summed E-state index contributed by atoms with van der Waals surface area (Å²) >= 11 is 0. The first kappa shape index (κ1) is 20.9. The number of methoxy groups -OCH3 is 1. The van der Waals surface area contributed by atoms with Gasteiger partial charge in [0, 0.05) is 23.7 Å². The molecule has 0 bridgehead atoms. The highest BCUT2D eigenvalue weighted by Gasteiger charge is 2.37. The Hall–Kier alpha value is -3.97. The Kier molecular flexibility index (Phi) is 5.40. The number of rotatable bonds is 6. The minimum atomic E-state index is -0.732. The van der Waals surface area contributed by atoms with Gasteiger partial charge in [0.2, 0.25) is 5.91 Å². The number of carbonyl (C=O) groups is 2. The second-order valence-electron chi connectivity index (χ2n) is 8.20. The van der Waals surface area contributed by atoms with E-state index in [1.807, 2.05) is 73.7 Å². The Bertz CT molecular complexity index is 1350. The van der Waals surface area contributed by atoms with Crippen LogP contribution in [-0.4, -0.2) is 28.7 Å². The first-order valence-electron chi connectivity index (χ1n) is 10.8. The normalized spacial score (nSPS) is 14.8. The number of benzene rings is 3. The highest BCUT2D eigenvalue weighted by Crippen LogP contribution is 2.39. The van der Waals surface area contributed by atoms with Crippen LogP contribution < -0.4 is 10.6 Å². The summed E-state index contributed by atoms with van der Waals surface area (Å²) in [5.74, 6) is 0.0989. The molecule has 166 valence electrons. The van der Waals surface area contributed by atoms with Crippen molar-refractivity contribution in [2.75, 3.05) is 17.7 Å². The van der Waals surface area contributed by atoms with Gasteiger partial charge in [-0.25, -0.2) is 4.68 Å². The van der Waals surface area contributed by atoms with Crippen LogP contribution in [0.3, 0.4) is 0 Å². The number of aryl methyl sites for hydroxylation is 1. The number of amides is 2. The lowest BCUT2D eigenvalue weighted by Crippen LogP contribution is -2.24. The molecule has 0 saturated heterocycles. The molecule has 0 saturated carbocycles. The number of hydrogen-bond acceptors (Lipinski definition) is 4. The maximum Gasteiger partial charge on any atom is 0.251 e. The van der Waals surface area contributed by atoms with Crippen LogP contribution in [0, 0.1) is 6.92 Å². The Balaban J connectivity index is 1.44. The second-order valence-corrected chi connectivity index (χ2v) is 8.20. The average molecular weight is 441 g/mol. The van der Waals surface area contributed by atoms with E-state index in [1.54, 1.807) is 11.8 Å². The molecule has 1 aliphatic heterocycles. The lowest BCUT2D eigenvalue weighted by Gasteiger charge is -2.12. The van der Waals surface area contributed by atoms with Crippen molar-refractivity contribution in [3.05, 3.63) is 78.0 Å². The fraction of sp³-hybridized carbons (Fsp3) is 0.192. The zero-order chi connectivity index (χ0) is 22.9. The molecule has 0 fully saturated rings. The fourth-order valence-corrected chi connectivity index (χ4v) is 4.29. The number of ether oxygens (including phenoxy) is 1. The summed E-state index contributed by atoms with van der Waals surface area (Å²) in [6.45, 7) is 2.32.